The highest BCUT2D eigenvalue weighted by molar-refractivity contribution is 4.88. The van der Waals surface area contributed by atoms with Gasteiger partial charge >= 0.3 is 0 Å². The number of fused-ring (bicyclic) bond motifs is 1. The normalized spacial score (nSPS) is 28.1. The van der Waals surface area contributed by atoms with Crippen molar-refractivity contribution in [2.24, 2.45) is 0 Å². The first-order valence-corrected chi connectivity index (χ1v) is 7.35. The molecule has 0 radical (unpaired) electrons. The molecule has 17 heavy (non-hydrogen) atoms. The average molecular weight is 240 g/mol. The SMILES string of the molecule is CCC(O)(CC)CN1CCN2CCCCC2C1. The predicted molar refractivity (Wildman–Crippen MR) is 71.2 cm³/mol. The van der Waals surface area contributed by atoms with Crippen molar-refractivity contribution in [2.45, 2.75) is 57.6 Å². The van der Waals surface area contributed by atoms with Crippen LogP contribution >= 0.6 is 0 Å². The third-order valence-electron chi connectivity index (χ3n) is 4.76. The van der Waals surface area contributed by atoms with Gasteiger partial charge in [0.15, 0.2) is 0 Å². The Hall–Kier alpha value is -0.120. The molecule has 2 fully saturated rings. The van der Waals surface area contributed by atoms with E-state index < -0.39 is 5.60 Å². The molecule has 0 aliphatic carbocycles. The molecule has 3 heteroatoms. The molecule has 100 valence electrons. The number of nitrogens with zero attached hydrogens (tertiary/aromatic N) is 2. The molecule has 0 bridgehead atoms. The first kappa shape index (κ1) is 13.3. The third kappa shape index (κ3) is 3.21. The van der Waals surface area contributed by atoms with Crippen molar-refractivity contribution in [1.29, 1.82) is 0 Å². The fraction of sp³-hybridized carbons (Fsp3) is 1.00. The molecule has 0 saturated carbocycles. The van der Waals surface area contributed by atoms with Gasteiger partial charge in [0.05, 0.1) is 5.60 Å². The van der Waals surface area contributed by atoms with E-state index in [9.17, 15) is 5.11 Å². The molecule has 0 amide bonds. The molecular formula is C14H28N2O. The lowest BCUT2D eigenvalue weighted by atomic mass is 9.94. The number of aliphatic hydroxyl groups is 1. The fourth-order valence-electron chi connectivity index (χ4n) is 3.25. The molecule has 0 spiro atoms. The van der Waals surface area contributed by atoms with Crippen molar-refractivity contribution in [3.8, 4) is 0 Å². The second-order valence-electron chi connectivity index (χ2n) is 5.85. The summed E-state index contributed by atoms with van der Waals surface area (Å²) in [7, 11) is 0. The molecule has 1 atom stereocenters. The minimum absolute atomic E-state index is 0.461. The predicted octanol–water partition coefficient (Wildman–Crippen LogP) is 1.71. The highest BCUT2D eigenvalue weighted by Crippen LogP contribution is 2.23. The number of hydrogen-bond donors (Lipinski definition) is 1. The zero-order chi connectivity index (χ0) is 12.3. The van der Waals surface area contributed by atoms with Crippen molar-refractivity contribution in [3.05, 3.63) is 0 Å². The van der Waals surface area contributed by atoms with Gasteiger partial charge in [0, 0.05) is 32.2 Å². The molecule has 0 aromatic heterocycles. The summed E-state index contributed by atoms with van der Waals surface area (Å²) in [6.45, 7) is 9.87. The number of piperidine rings is 1. The van der Waals surface area contributed by atoms with E-state index in [4.69, 9.17) is 0 Å². The summed E-state index contributed by atoms with van der Waals surface area (Å²) in [5, 5.41) is 10.4. The van der Waals surface area contributed by atoms with Gasteiger partial charge in [-0.25, -0.2) is 0 Å². The van der Waals surface area contributed by atoms with Gasteiger partial charge in [-0.2, -0.15) is 0 Å². The van der Waals surface area contributed by atoms with Crippen LogP contribution in [0.2, 0.25) is 0 Å². The van der Waals surface area contributed by atoms with Gasteiger partial charge in [-0.05, 0) is 32.2 Å². The van der Waals surface area contributed by atoms with Crippen molar-refractivity contribution >= 4 is 0 Å². The first-order valence-electron chi connectivity index (χ1n) is 7.35. The maximum atomic E-state index is 10.4. The van der Waals surface area contributed by atoms with E-state index in [0.717, 1.165) is 32.0 Å². The smallest absolute Gasteiger partial charge is 0.0768 e. The van der Waals surface area contributed by atoms with E-state index in [-0.39, 0.29) is 0 Å². The van der Waals surface area contributed by atoms with Crippen molar-refractivity contribution in [3.63, 3.8) is 0 Å². The molecule has 1 unspecified atom stereocenters. The summed E-state index contributed by atoms with van der Waals surface area (Å²) in [4.78, 5) is 5.14. The maximum Gasteiger partial charge on any atom is 0.0768 e. The Bertz CT molecular complexity index is 240. The van der Waals surface area contributed by atoms with Crippen LogP contribution in [0.1, 0.15) is 46.0 Å². The van der Waals surface area contributed by atoms with Crippen LogP contribution in [-0.2, 0) is 0 Å². The summed E-state index contributed by atoms with van der Waals surface area (Å²) in [5.74, 6) is 0. The fourth-order valence-corrected chi connectivity index (χ4v) is 3.25. The first-order chi connectivity index (χ1) is 8.17. The Labute approximate surface area is 106 Å². The lowest BCUT2D eigenvalue weighted by Gasteiger charge is -2.46. The van der Waals surface area contributed by atoms with Crippen LogP contribution in [0, 0.1) is 0 Å². The van der Waals surface area contributed by atoms with Crippen LogP contribution in [0.4, 0.5) is 0 Å². The Morgan fingerprint density at radius 2 is 1.88 bits per heavy atom. The van der Waals surface area contributed by atoms with E-state index in [0.29, 0.717) is 0 Å². The van der Waals surface area contributed by atoms with Crippen LogP contribution in [0.3, 0.4) is 0 Å². The van der Waals surface area contributed by atoms with Crippen LogP contribution < -0.4 is 0 Å². The lowest BCUT2D eigenvalue weighted by molar-refractivity contribution is -0.0319. The van der Waals surface area contributed by atoms with Crippen molar-refractivity contribution in [2.75, 3.05) is 32.7 Å². The second kappa shape index (κ2) is 5.68. The lowest BCUT2D eigenvalue weighted by Crippen LogP contribution is -2.57. The number of rotatable bonds is 4. The number of β-amino-alcohol motifs (C(OH)–C–C–N with tert-alkyl or cyclic N) is 1. The van der Waals surface area contributed by atoms with E-state index in [1.165, 1.54) is 38.9 Å². The summed E-state index contributed by atoms with van der Waals surface area (Å²) in [5.41, 5.74) is -0.461. The van der Waals surface area contributed by atoms with Crippen molar-refractivity contribution in [1.82, 2.24) is 9.80 Å². The van der Waals surface area contributed by atoms with Gasteiger partial charge in [0.2, 0.25) is 0 Å². The monoisotopic (exact) mass is 240 g/mol. The number of hydrogen-bond acceptors (Lipinski definition) is 3. The topological polar surface area (TPSA) is 26.7 Å². The summed E-state index contributed by atoms with van der Waals surface area (Å²) in [6, 6.07) is 0.760. The minimum Gasteiger partial charge on any atom is -0.389 e. The van der Waals surface area contributed by atoms with E-state index >= 15 is 0 Å². The quantitative estimate of drug-likeness (QED) is 0.810. The van der Waals surface area contributed by atoms with Crippen LogP contribution in [0.25, 0.3) is 0 Å². The standard InChI is InChI=1S/C14H28N2O/c1-3-14(17,4-2)12-15-9-10-16-8-6-5-7-13(16)11-15/h13,17H,3-12H2,1-2H3. The third-order valence-corrected chi connectivity index (χ3v) is 4.76. The molecule has 2 saturated heterocycles. The van der Waals surface area contributed by atoms with Gasteiger partial charge in [-0.1, -0.05) is 20.3 Å². The van der Waals surface area contributed by atoms with Gasteiger partial charge in [-0.3, -0.25) is 9.80 Å². The molecule has 2 aliphatic rings. The molecule has 2 rings (SSSR count). The van der Waals surface area contributed by atoms with Crippen LogP contribution in [0.5, 0.6) is 0 Å². The van der Waals surface area contributed by atoms with E-state index in [1.54, 1.807) is 0 Å². The summed E-state index contributed by atoms with van der Waals surface area (Å²) < 4.78 is 0. The maximum absolute atomic E-state index is 10.4. The zero-order valence-corrected chi connectivity index (χ0v) is 11.5. The molecule has 2 heterocycles. The summed E-state index contributed by atoms with van der Waals surface area (Å²) >= 11 is 0. The Morgan fingerprint density at radius 3 is 2.59 bits per heavy atom. The van der Waals surface area contributed by atoms with Gasteiger partial charge in [-0.15, -0.1) is 0 Å². The minimum atomic E-state index is -0.461. The molecule has 2 aliphatic heterocycles. The van der Waals surface area contributed by atoms with E-state index in [1.807, 2.05) is 0 Å². The molecule has 3 nitrogen and oxygen atoms in total. The highest BCUT2D eigenvalue weighted by Gasteiger charge is 2.32. The van der Waals surface area contributed by atoms with Crippen LogP contribution in [0.15, 0.2) is 0 Å². The van der Waals surface area contributed by atoms with Crippen LogP contribution in [-0.4, -0.2) is 59.3 Å². The van der Waals surface area contributed by atoms with Gasteiger partial charge in [0.1, 0.15) is 0 Å². The Kier molecular flexibility index (Phi) is 4.45. The Balaban J connectivity index is 1.87. The van der Waals surface area contributed by atoms with Crippen molar-refractivity contribution < 1.29 is 5.11 Å². The summed E-state index contributed by atoms with van der Waals surface area (Å²) in [6.07, 6.45) is 5.86. The van der Waals surface area contributed by atoms with Gasteiger partial charge in [0.25, 0.3) is 0 Å². The largest absolute Gasteiger partial charge is 0.389 e. The Morgan fingerprint density at radius 1 is 1.12 bits per heavy atom. The van der Waals surface area contributed by atoms with Gasteiger partial charge < -0.3 is 5.11 Å². The average Bonchev–Trinajstić information content (AvgIpc) is 2.38. The second-order valence-corrected chi connectivity index (χ2v) is 5.85. The van der Waals surface area contributed by atoms with E-state index in [2.05, 4.69) is 23.6 Å². The highest BCUT2D eigenvalue weighted by atomic mass is 16.3. The molecule has 1 N–H and O–H groups in total. The zero-order valence-electron chi connectivity index (χ0n) is 11.5. The number of piperazine rings is 1. The molecule has 0 aromatic rings. The molecular weight excluding hydrogens is 212 g/mol. The molecule has 0 aromatic carbocycles.